The maximum Gasteiger partial charge on any atom is 0.0465 e. The van der Waals surface area contributed by atoms with Crippen molar-refractivity contribution in [3.63, 3.8) is 0 Å². The van der Waals surface area contributed by atoms with Gasteiger partial charge in [-0.15, -0.1) is 0 Å². The Morgan fingerprint density at radius 1 is 0.312 bits per heavy atom. The van der Waals surface area contributed by atoms with Crippen molar-refractivity contribution < 1.29 is 0 Å². The summed E-state index contributed by atoms with van der Waals surface area (Å²) in [5.74, 6) is 0. The first-order valence-electron chi connectivity index (χ1n) is 23.2. The molecule has 1 saturated carbocycles. The van der Waals surface area contributed by atoms with Crippen LogP contribution in [0.1, 0.15) is 68.2 Å². The molecule has 0 heterocycles. The van der Waals surface area contributed by atoms with Gasteiger partial charge < -0.3 is 4.90 Å². The molecule has 0 saturated heterocycles. The molecule has 0 N–H and O–H groups in total. The van der Waals surface area contributed by atoms with Gasteiger partial charge >= 0.3 is 0 Å². The number of benzene rings is 9. The minimum atomic E-state index is -0.0828. The second-order valence-electron chi connectivity index (χ2n) is 18.8. The Bertz CT molecular complexity index is 3170. The monoisotopic (exact) mass is 821 g/mol. The molecule has 3 aliphatic rings. The zero-order valence-electron chi connectivity index (χ0n) is 36.7. The summed E-state index contributed by atoms with van der Waals surface area (Å²) in [4.78, 5) is 2.48. The summed E-state index contributed by atoms with van der Waals surface area (Å²) in [7, 11) is 0. The molecule has 0 aromatic heterocycles. The van der Waals surface area contributed by atoms with E-state index in [-0.39, 0.29) is 10.8 Å². The highest BCUT2D eigenvalue weighted by Crippen LogP contribution is 2.57. The second kappa shape index (κ2) is 15.2. The molecule has 1 spiro atoms. The average molecular weight is 822 g/mol. The highest BCUT2D eigenvalue weighted by Gasteiger charge is 2.44. The molecule has 64 heavy (non-hydrogen) atoms. The van der Waals surface area contributed by atoms with E-state index in [4.69, 9.17) is 0 Å². The number of hydrogen-bond acceptors (Lipinski definition) is 1. The van der Waals surface area contributed by atoms with Crippen molar-refractivity contribution in [1.29, 1.82) is 0 Å². The number of hydrogen-bond donors (Lipinski definition) is 0. The summed E-state index contributed by atoms with van der Waals surface area (Å²) in [5.41, 5.74) is 24.8. The molecule has 0 radical (unpaired) electrons. The standard InChI is InChI=1S/C63H51N/c1-62(2)58-20-9-7-17-55(58)57-19-13-18-53(61(57)62)49-32-36-51(37-33-49)64(52-38-39-56-54-16-8-10-21-59(54)63(60(56)42-52)40-11-4-12-41-63)50-34-30-48(31-35-50)47-28-26-46(27-29-47)45-24-22-44(23-25-45)43-14-5-3-6-15-43/h3,5-10,13-39,42H,4,11-12,40-41H2,1-2H3. The van der Waals surface area contributed by atoms with Crippen LogP contribution in [0.25, 0.3) is 66.8 Å². The molecule has 1 heteroatoms. The molecular weight excluding hydrogens is 771 g/mol. The van der Waals surface area contributed by atoms with Gasteiger partial charge in [0.15, 0.2) is 0 Å². The van der Waals surface area contributed by atoms with Crippen LogP contribution in [0.3, 0.4) is 0 Å². The Morgan fingerprint density at radius 3 is 1.33 bits per heavy atom. The molecule has 308 valence electrons. The molecule has 1 nitrogen and oxygen atoms in total. The zero-order valence-corrected chi connectivity index (χ0v) is 36.7. The lowest BCUT2D eigenvalue weighted by Gasteiger charge is -2.36. The van der Waals surface area contributed by atoms with Crippen LogP contribution in [-0.4, -0.2) is 0 Å². The van der Waals surface area contributed by atoms with Crippen LogP contribution in [0.5, 0.6) is 0 Å². The summed E-state index contributed by atoms with van der Waals surface area (Å²) in [6.45, 7) is 4.76. The van der Waals surface area contributed by atoms with E-state index in [1.54, 1.807) is 0 Å². The van der Waals surface area contributed by atoms with Crippen molar-refractivity contribution in [2.75, 3.05) is 4.90 Å². The predicted molar refractivity (Wildman–Crippen MR) is 270 cm³/mol. The van der Waals surface area contributed by atoms with Crippen molar-refractivity contribution in [3.05, 3.63) is 235 Å². The maximum atomic E-state index is 2.54. The molecule has 9 aromatic carbocycles. The molecular formula is C63H51N. The first-order chi connectivity index (χ1) is 31.5. The van der Waals surface area contributed by atoms with Crippen LogP contribution in [0.15, 0.2) is 212 Å². The molecule has 0 unspecified atom stereocenters. The second-order valence-corrected chi connectivity index (χ2v) is 18.8. The lowest BCUT2D eigenvalue weighted by Crippen LogP contribution is -2.28. The van der Waals surface area contributed by atoms with Crippen LogP contribution in [-0.2, 0) is 10.8 Å². The smallest absolute Gasteiger partial charge is 0.0465 e. The van der Waals surface area contributed by atoms with Crippen LogP contribution in [0.4, 0.5) is 17.1 Å². The summed E-state index contributed by atoms with van der Waals surface area (Å²) in [6.07, 6.45) is 6.29. The lowest BCUT2D eigenvalue weighted by molar-refractivity contribution is 0.353. The van der Waals surface area contributed by atoms with Gasteiger partial charge in [-0.25, -0.2) is 0 Å². The van der Waals surface area contributed by atoms with Gasteiger partial charge in [-0.3, -0.25) is 0 Å². The van der Waals surface area contributed by atoms with E-state index in [0.717, 1.165) is 11.4 Å². The molecule has 9 aromatic rings. The molecule has 0 atom stereocenters. The third-order valence-corrected chi connectivity index (χ3v) is 14.9. The van der Waals surface area contributed by atoms with Gasteiger partial charge in [0.1, 0.15) is 0 Å². The highest BCUT2D eigenvalue weighted by molar-refractivity contribution is 5.90. The van der Waals surface area contributed by atoms with Crippen LogP contribution in [0, 0.1) is 0 Å². The largest absolute Gasteiger partial charge is 0.310 e. The van der Waals surface area contributed by atoms with Crippen LogP contribution < -0.4 is 4.90 Å². The van der Waals surface area contributed by atoms with Crippen LogP contribution in [0.2, 0.25) is 0 Å². The van der Waals surface area contributed by atoms with Gasteiger partial charge in [0.2, 0.25) is 0 Å². The summed E-state index contributed by atoms with van der Waals surface area (Å²) >= 11 is 0. The fraction of sp³-hybridized carbons (Fsp3) is 0.143. The third-order valence-electron chi connectivity index (χ3n) is 14.9. The number of rotatable bonds is 7. The zero-order chi connectivity index (χ0) is 42.8. The lowest BCUT2D eigenvalue weighted by atomic mass is 9.68. The topological polar surface area (TPSA) is 3.24 Å². The predicted octanol–water partition coefficient (Wildman–Crippen LogP) is 17.4. The van der Waals surface area contributed by atoms with E-state index in [0.29, 0.717) is 0 Å². The SMILES string of the molecule is CC1(C)c2ccccc2-c2cccc(-c3ccc(N(c4ccc(-c5ccc(-c6ccc(-c7ccccc7)cc6)cc5)cc4)c4ccc5c(c4)C4(CCCCC4)c4ccccc4-5)cc3)c21. The van der Waals surface area contributed by atoms with Crippen molar-refractivity contribution in [2.24, 2.45) is 0 Å². The molecule has 0 amide bonds. The Kier molecular flexibility index (Phi) is 9.16. The Morgan fingerprint density at radius 2 is 0.734 bits per heavy atom. The van der Waals surface area contributed by atoms with Crippen molar-refractivity contribution in [2.45, 2.75) is 56.8 Å². The fourth-order valence-corrected chi connectivity index (χ4v) is 11.7. The molecule has 0 aliphatic heterocycles. The molecule has 1 fully saturated rings. The normalized spacial score (nSPS) is 15.0. The minimum absolute atomic E-state index is 0.0771. The summed E-state index contributed by atoms with van der Waals surface area (Å²) < 4.78 is 0. The third kappa shape index (κ3) is 6.21. The summed E-state index contributed by atoms with van der Waals surface area (Å²) in [6, 6.07) is 79.4. The van der Waals surface area contributed by atoms with E-state index in [1.165, 1.54) is 127 Å². The number of fused-ring (bicyclic) bond motifs is 8. The van der Waals surface area contributed by atoms with E-state index in [9.17, 15) is 0 Å². The van der Waals surface area contributed by atoms with Crippen molar-refractivity contribution in [3.8, 4) is 66.8 Å². The highest BCUT2D eigenvalue weighted by atomic mass is 15.1. The molecule has 3 aliphatic carbocycles. The fourth-order valence-electron chi connectivity index (χ4n) is 11.7. The van der Waals surface area contributed by atoms with Crippen molar-refractivity contribution >= 4 is 17.1 Å². The Balaban J connectivity index is 0.910. The van der Waals surface area contributed by atoms with E-state index in [1.807, 2.05) is 0 Å². The van der Waals surface area contributed by atoms with Gasteiger partial charge in [-0.2, -0.15) is 0 Å². The van der Waals surface area contributed by atoms with Gasteiger partial charge in [0, 0.05) is 27.9 Å². The van der Waals surface area contributed by atoms with E-state index in [2.05, 4.69) is 231 Å². The first-order valence-corrected chi connectivity index (χ1v) is 23.2. The quantitative estimate of drug-likeness (QED) is 0.155. The average Bonchev–Trinajstić information content (AvgIpc) is 3.76. The van der Waals surface area contributed by atoms with Crippen molar-refractivity contribution in [1.82, 2.24) is 0 Å². The molecule has 0 bridgehead atoms. The Hall–Kier alpha value is -7.22. The number of nitrogens with zero attached hydrogens (tertiary/aromatic N) is 1. The Labute approximate surface area is 378 Å². The van der Waals surface area contributed by atoms with Gasteiger partial charge in [0.05, 0.1) is 0 Å². The molecule has 12 rings (SSSR count). The van der Waals surface area contributed by atoms with E-state index >= 15 is 0 Å². The minimum Gasteiger partial charge on any atom is -0.310 e. The maximum absolute atomic E-state index is 2.54. The van der Waals surface area contributed by atoms with Crippen LogP contribution >= 0.6 is 0 Å². The number of anilines is 3. The van der Waals surface area contributed by atoms with Gasteiger partial charge in [-0.1, -0.05) is 209 Å². The first kappa shape index (κ1) is 38.5. The van der Waals surface area contributed by atoms with Gasteiger partial charge in [0.25, 0.3) is 0 Å². The summed E-state index contributed by atoms with van der Waals surface area (Å²) in [5, 5.41) is 0. The van der Waals surface area contributed by atoms with E-state index < -0.39 is 0 Å². The van der Waals surface area contributed by atoms with Gasteiger partial charge in [-0.05, 0) is 138 Å².